The van der Waals surface area contributed by atoms with E-state index in [1.807, 2.05) is 18.2 Å². The van der Waals surface area contributed by atoms with Crippen molar-refractivity contribution in [3.05, 3.63) is 35.9 Å². The Hall–Kier alpha value is -1.39. The third kappa shape index (κ3) is 1.64. The zero-order valence-electron chi connectivity index (χ0n) is 12.0. The van der Waals surface area contributed by atoms with Gasteiger partial charge in [-0.25, -0.2) is 4.79 Å². The Morgan fingerprint density at radius 2 is 1.90 bits per heavy atom. The molecule has 108 valence electrons. The summed E-state index contributed by atoms with van der Waals surface area (Å²) < 4.78 is 10.9. The first-order chi connectivity index (χ1) is 9.68. The van der Waals surface area contributed by atoms with E-state index in [9.17, 15) is 4.79 Å². The van der Waals surface area contributed by atoms with E-state index in [1.165, 1.54) is 7.11 Å². The number of hydrogen-bond acceptors (Lipinski definition) is 4. The van der Waals surface area contributed by atoms with Crippen LogP contribution in [0.25, 0.3) is 0 Å². The average molecular weight is 275 g/mol. The van der Waals surface area contributed by atoms with Crippen LogP contribution in [-0.2, 0) is 19.8 Å². The molecule has 2 saturated heterocycles. The van der Waals surface area contributed by atoms with Gasteiger partial charge in [0.1, 0.15) is 0 Å². The fraction of sp³-hybridized carbons (Fsp3) is 0.562. The molecule has 4 heteroatoms. The molecule has 0 amide bonds. The zero-order chi connectivity index (χ0) is 14.2. The Balaban J connectivity index is 2.14. The summed E-state index contributed by atoms with van der Waals surface area (Å²) in [6.07, 6.45) is 3.60. The molecular weight excluding hydrogens is 254 g/mol. The lowest BCUT2D eigenvalue weighted by molar-refractivity contribution is -0.184. The SMILES string of the molecule is COC(=O)C1(OC)CCC2CCC1(c1ccccc1)N2. The molecule has 1 N–H and O–H groups in total. The largest absolute Gasteiger partial charge is 0.467 e. The molecule has 2 aliphatic heterocycles. The van der Waals surface area contributed by atoms with Crippen molar-refractivity contribution in [1.82, 2.24) is 5.32 Å². The molecule has 0 spiro atoms. The van der Waals surface area contributed by atoms with E-state index in [0.717, 1.165) is 24.8 Å². The Morgan fingerprint density at radius 1 is 1.20 bits per heavy atom. The van der Waals surface area contributed by atoms with Crippen molar-refractivity contribution in [2.45, 2.75) is 42.9 Å². The monoisotopic (exact) mass is 275 g/mol. The van der Waals surface area contributed by atoms with E-state index in [1.54, 1.807) is 7.11 Å². The van der Waals surface area contributed by atoms with E-state index < -0.39 is 11.1 Å². The number of nitrogens with one attached hydrogen (secondary N) is 1. The number of hydrogen-bond donors (Lipinski definition) is 1. The first kappa shape index (κ1) is 13.6. The van der Waals surface area contributed by atoms with E-state index >= 15 is 0 Å². The van der Waals surface area contributed by atoms with Gasteiger partial charge in [0, 0.05) is 13.2 Å². The van der Waals surface area contributed by atoms with Crippen molar-refractivity contribution in [1.29, 1.82) is 0 Å². The summed E-state index contributed by atoms with van der Waals surface area (Å²) >= 11 is 0. The quantitative estimate of drug-likeness (QED) is 0.857. The van der Waals surface area contributed by atoms with Crippen LogP contribution in [0.5, 0.6) is 0 Å². The molecule has 2 fully saturated rings. The van der Waals surface area contributed by atoms with Crippen molar-refractivity contribution in [3.63, 3.8) is 0 Å². The third-order valence-corrected chi connectivity index (χ3v) is 4.98. The van der Waals surface area contributed by atoms with Gasteiger partial charge in [0.25, 0.3) is 0 Å². The topological polar surface area (TPSA) is 47.6 Å². The van der Waals surface area contributed by atoms with Gasteiger partial charge < -0.3 is 14.8 Å². The molecule has 2 aliphatic rings. The molecule has 0 aliphatic carbocycles. The van der Waals surface area contributed by atoms with Gasteiger partial charge >= 0.3 is 5.97 Å². The standard InChI is InChI=1S/C16H21NO3/c1-19-14(18)16(20-2)11-9-13-8-10-15(16,17-13)12-6-4-3-5-7-12/h3-7,13,17H,8-11H2,1-2H3. The highest BCUT2D eigenvalue weighted by Crippen LogP contribution is 2.51. The van der Waals surface area contributed by atoms with Gasteiger partial charge in [0.2, 0.25) is 0 Å². The van der Waals surface area contributed by atoms with Crippen molar-refractivity contribution < 1.29 is 14.3 Å². The van der Waals surface area contributed by atoms with Gasteiger partial charge in [0.05, 0.1) is 12.6 Å². The number of carbonyl (C=O) groups is 1. The van der Waals surface area contributed by atoms with Crippen LogP contribution >= 0.6 is 0 Å². The van der Waals surface area contributed by atoms with Gasteiger partial charge in [-0.15, -0.1) is 0 Å². The predicted molar refractivity (Wildman–Crippen MR) is 75.3 cm³/mol. The summed E-state index contributed by atoms with van der Waals surface area (Å²) in [6, 6.07) is 10.6. The Labute approximate surface area is 119 Å². The second kappa shape index (κ2) is 4.86. The Morgan fingerprint density at radius 3 is 2.55 bits per heavy atom. The highest BCUT2D eigenvalue weighted by molar-refractivity contribution is 5.82. The zero-order valence-corrected chi connectivity index (χ0v) is 12.0. The van der Waals surface area contributed by atoms with Crippen LogP contribution in [0.15, 0.2) is 30.3 Å². The van der Waals surface area contributed by atoms with Gasteiger partial charge in [-0.2, -0.15) is 0 Å². The molecule has 1 aromatic carbocycles. The molecule has 4 nitrogen and oxygen atoms in total. The van der Waals surface area contributed by atoms with E-state index in [0.29, 0.717) is 12.5 Å². The van der Waals surface area contributed by atoms with E-state index in [-0.39, 0.29) is 5.97 Å². The molecular formula is C16H21NO3. The minimum Gasteiger partial charge on any atom is -0.467 e. The van der Waals surface area contributed by atoms with Crippen LogP contribution in [0.3, 0.4) is 0 Å². The van der Waals surface area contributed by atoms with Crippen LogP contribution < -0.4 is 5.32 Å². The molecule has 0 radical (unpaired) electrons. The van der Waals surface area contributed by atoms with Crippen molar-refractivity contribution in [2.75, 3.05) is 14.2 Å². The average Bonchev–Trinajstić information content (AvgIpc) is 2.89. The highest BCUT2D eigenvalue weighted by Gasteiger charge is 2.64. The number of ether oxygens (including phenoxy) is 2. The van der Waals surface area contributed by atoms with Crippen molar-refractivity contribution in [3.8, 4) is 0 Å². The molecule has 3 atom stereocenters. The smallest absolute Gasteiger partial charge is 0.340 e. The fourth-order valence-corrected chi connectivity index (χ4v) is 3.99. The molecule has 0 aromatic heterocycles. The van der Waals surface area contributed by atoms with Gasteiger partial charge in [-0.3, -0.25) is 0 Å². The van der Waals surface area contributed by atoms with Crippen molar-refractivity contribution in [2.24, 2.45) is 0 Å². The third-order valence-electron chi connectivity index (χ3n) is 4.98. The molecule has 3 unspecified atom stereocenters. The Kier molecular flexibility index (Phi) is 3.30. The number of benzene rings is 1. The summed E-state index contributed by atoms with van der Waals surface area (Å²) in [5.74, 6) is -0.281. The fourth-order valence-electron chi connectivity index (χ4n) is 3.99. The maximum Gasteiger partial charge on any atom is 0.340 e. The summed E-state index contributed by atoms with van der Waals surface area (Å²) in [4.78, 5) is 12.5. The molecule has 3 rings (SSSR count). The summed E-state index contributed by atoms with van der Waals surface area (Å²) in [5, 5.41) is 3.65. The lowest BCUT2D eigenvalue weighted by Crippen LogP contribution is -2.66. The summed E-state index contributed by atoms with van der Waals surface area (Å²) in [5.41, 5.74) is -0.302. The normalized spacial score (nSPS) is 35.8. The van der Waals surface area contributed by atoms with Crippen LogP contribution in [0.2, 0.25) is 0 Å². The molecule has 2 heterocycles. The minimum atomic E-state index is -0.934. The lowest BCUT2D eigenvalue weighted by atomic mass is 9.70. The first-order valence-corrected chi connectivity index (χ1v) is 7.15. The maximum atomic E-state index is 12.5. The van der Waals surface area contributed by atoms with Crippen LogP contribution in [0.4, 0.5) is 0 Å². The highest BCUT2D eigenvalue weighted by atomic mass is 16.6. The minimum absolute atomic E-state index is 0.281. The molecule has 1 aromatic rings. The summed E-state index contributed by atoms with van der Waals surface area (Å²) in [6.45, 7) is 0. The number of piperidine rings is 1. The maximum absolute atomic E-state index is 12.5. The lowest BCUT2D eigenvalue weighted by Gasteiger charge is -2.49. The number of rotatable bonds is 3. The predicted octanol–water partition coefficient (Wildman–Crippen LogP) is 1.99. The number of carbonyl (C=O) groups excluding carboxylic acids is 1. The van der Waals surface area contributed by atoms with Gasteiger partial charge in [-0.05, 0) is 31.2 Å². The van der Waals surface area contributed by atoms with Gasteiger partial charge in [-0.1, -0.05) is 30.3 Å². The number of fused-ring (bicyclic) bond motifs is 2. The summed E-state index contributed by atoms with van der Waals surface area (Å²) in [7, 11) is 3.05. The molecule has 2 bridgehead atoms. The number of methoxy groups -OCH3 is 2. The van der Waals surface area contributed by atoms with Gasteiger partial charge in [0.15, 0.2) is 5.60 Å². The first-order valence-electron chi connectivity index (χ1n) is 7.15. The van der Waals surface area contributed by atoms with Crippen LogP contribution in [0.1, 0.15) is 31.2 Å². The second-order valence-corrected chi connectivity index (χ2v) is 5.71. The van der Waals surface area contributed by atoms with Crippen LogP contribution in [-0.4, -0.2) is 31.8 Å². The van der Waals surface area contributed by atoms with E-state index in [2.05, 4.69) is 17.4 Å². The van der Waals surface area contributed by atoms with Crippen LogP contribution in [0, 0.1) is 0 Å². The van der Waals surface area contributed by atoms with Crippen molar-refractivity contribution >= 4 is 5.97 Å². The number of esters is 1. The Bertz CT molecular complexity index is 504. The second-order valence-electron chi connectivity index (χ2n) is 5.71. The molecule has 20 heavy (non-hydrogen) atoms. The molecule has 0 saturated carbocycles. The van der Waals surface area contributed by atoms with E-state index in [4.69, 9.17) is 9.47 Å².